The third-order valence-electron chi connectivity index (χ3n) is 8.36. The molecule has 0 radical (unpaired) electrons. The van der Waals surface area contributed by atoms with Crippen LogP contribution in [-0.2, 0) is 14.4 Å². The quantitative estimate of drug-likeness (QED) is 0.129. The zero-order valence-corrected chi connectivity index (χ0v) is 24.9. The fourth-order valence-corrected chi connectivity index (χ4v) is 6.18. The molecule has 2 atom stereocenters. The highest BCUT2D eigenvalue weighted by molar-refractivity contribution is 6.54. The molecule has 0 aromatic heterocycles. The van der Waals surface area contributed by atoms with E-state index in [-0.39, 0.29) is 5.78 Å². The lowest BCUT2D eigenvalue weighted by atomic mass is 9.91. The van der Waals surface area contributed by atoms with Crippen molar-refractivity contribution in [3.63, 3.8) is 0 Å². The fraction of sp³-hybridized carbons (Fsp3) is 0.0488. The van der Waals surface area contributed by atoms with Crippen LogP contribution in [0.4, 0.5) is 34.1 Å². The molecule has 1 saturated carbocycles. The minimum atomic E-state index is -1.13. The highest BCUT2D eigenvalue weighted by Gasteiger charge is 2.50. The topological polar surface area (TPSA) is 57.7 Å². The van der Waals surface area contributed by atoms with Crippen molar-refractivity contribution in [3.8, 4) is 0 Å². The molecule has 6 aromatic carbocycles. The first-order valence-corrected chi connectivity index (χ1v) is 15.2. The lowest BCUT2D eigenvalue weighted by Crippen LogP contribution is -2.15. The summed E-state index contributed by atoms with van der Waals surface area (Å²) in [6.07, 6.45) is 0. The zero-order valence-electron chi connectivity index (χ0n) is 24.9. The monoisotopic (exact) mass is 598 g/mol. The Balaban J connectivity index is 1.17. The summed E-state index contributed by atoms with van der Waals surface area (Å²) in [5.41, 5.74) is 6.70. The largest absolute Gasteiger partial charge is 0.311 e. The predicted molar refractivity (Wildman–Crippen MR) is 183 cm³/mol. The molecule has 5 nitrogen and oxygen atoms in total. The third kappa shape index (κ3) is 5.39. The van der Waals surface area contributed by atoms with Gasteiger partial charge in [0, 0.05) is 34.1 Å². The van der Waals surface area contributed by atoms with E-state index in [1.807, 2.05) is 146 Å². The summed E-state index contributed by atoms with van der Waals surface area (Å²) >= 11 is 0. The molecule has 0 aliphatic heterocycles. The van der Waals surface area contributed by atoms with E-state index >= 15 is 0 Å². The number of Topliss-reactive ketones (excluding diaryl/α,β-unsaturated/α-hetero) is 3. The minimum absolute atomic E-state index is 0.388. The molecule has 5 heteroatoms. The Hall–Kier alpha value is -6.07. The number of carbonyl (C=O) groups is 3. The molecule has 1 aliphatic rings. The van der Waals surface area contributed by atoms with Crippen LogP contribution in [0.25, 0.3) is 0 Å². The summed E-state index contributed by atoms with van der Waals surface area (Å²) in [7, 11) is 0. The van der Waals surface area contributed by atoms with Crippen LogP contribution in [-0.4, -0.2) is 17.3 Å². The SMILES string of the molecule is O=C1C(=O)C(c2ccc(N(c3ccccc3)c3ccccc3)cc2)C(=O)C1c1ccc(N(c2ccccc2)c2ccccc2)cc1. The van der Waals surface area contributed by atoms with E-state index in [1.165, 1.54) is 0 Å². The Morgan fingerprint density at radius 1 is 0.304 bits per heavy atom. The lowest BCUT2D eigenvalue weighted by Gasteiger charge is -2.26. The van der Waals surface area contributed by atoms with Crippen LogP contribution in [0.15, 0.2) is 170 Å². The Morgan fingerprint density at radius 2 is 0.543 bits per heavy atom. The van der Waals surface area contributed by atoms with Crippen LogP contribution < -0.4 is 9.80 Å². The van der Waals surface area contributed by atoms with E-state index in [0.29, 0.717) is 11.1 Å². The summed E-state index contributed by atoms with van der Waals surface area (Å²) in [6, 6.07) is 54.6. The molecule has 0 heterocycles. The number of ketones is 3. The van der Waals surface area contributed by atoms with Crippen molar-refractivity contribution in [1.29, 1.82) is 0 Å². The van der Waals surface area contributed by atoms with Gasteiger partial charge in [0.1, 0.15) is 11.8 Å². The summed E-state index contributed by atoms with van der Waals surface area (Å²) < 4.78 is 0. The van der Waals surface area contributed by atoms with Gasteiger partial charge in [0.15, 0.2) is 5.78 Å². The lowest BCUT2D eigenvalue weighted by molar-refractivity contribution is -0.135. The molecule has 1 aliphatic carbocycles. The van der Waals surface area contributed by atoms with Crippen molar-refractivity contribution in [2.45, 2.75) is 11.8 Å². The van der Waals surface area contributed by atoms with Crippen molar-refractivity contribution in [2.75, 3.05) is 9.80 Å². The average molecular weight is 599 g/mol. The van der Waals surface area contributed by atoms with Crippen molar-refractivity contribution in [2.24, 2.45) is 0 Å². The molecule has 0 spiro atoms. The van der Waals surface area contributed by atoms with E-state index in [0.717, 1.165) is 34.1 Å². The van der Waals surface area contributed by atoms with Crippen molar-refractivity contribution in [1.82, 2.24) is 0 Å². The van der Waals surface area contributed by atoms with E-state index in [1.54, 1.807) is 24.3 Å². The van der Waals surface area contributed by atoms with E-state index in [4.69, 9.17) is 0 Å². The standard InChI is InChI=1S/C41H30N2O3/c44-39-37(29-21-25-35(26-22-29)42(31-13-5-1-6-14-31)32-15-7-2-8-16-32)40(45)41(46)38(39)30-23-27-36(28-24-30)43(33-17-9-3-10-18-33)34-19-11-4-12-20-34/h1-28,37-38H. The first kappa shape index (κ1) is 28.7. The van der Waals surface area contributed by atoms with Gasteiger partial charge in [0.05, 0.1) is 0 Å². The van der Waals surface area contributed by atoms with Crippen LogP contribution in [0.1, 0.15) is 23.0 Å². The van der Waals surface area contributed by atoms with Gasteiger partial charge in [0.2, 0.25) is 11.6 Å². The third-order valence-corrected chi connectivity index (χ3v) is 8.36. The summed E-state index contributed by atoms with van der Waals surface area (Å²) in [4.78, 5) is 44.6. The van der Waals surface area contributed by atoms with Gasteiger partial charge in [0.25, 0.3) is 0 Å². The molecule has 0 saturated heterocycles. The first-order chi connectivity index (χ1) is 22.6. The Kier molecular flexibility index (Phi) is 7.80. The van der Waals surface area contributed by atoms with Gasteiger partial charge in [-0.15, -0.1) is 0 Å². The molecule has 6 aromatic rings. The number of benzene rings is 6. The minimum Gasteiger partial charge on any atom is -0.311 e. The first-order valence-electron chi connectivity index (χ1n) is 15.2. The molecule has 46 heavy (non-hydrogen) atoms. The Bertz CT molecular complexity index is 1750. The number of anilines is 6. The fourth-order valence-electron chi connectivity index (χ4n) is 6.18. The molecule has 2 unspecified atom stereocenters. The summed E-state index contributed by atoms with van der Waals surface area (Å²) in [6.45, 7) is 0. The zero-order chi connectivity index (χ0) is 31.5. The van der Waals surface area contributed by atoms with Crippen LogP contribution in [0.2, 0.25) is 0 Å². The van der Waals surface area contributed by atoms with Crippen molar-refractivity contribution in [3.05, 3.63) is 181 Å². The second-order valence-corrected chi connectivity index (χ2v) is 11.2. The maximum atomic E-state index is 13.8. The highest BCUT2D eigenvalue weighted by Crippen LogP contribution is 2.40. The van der Waals surface area contributed by atoms with E-state index < -0.39 is 23.4 Å². The van der Waals surface area contributed by atoms with Gasteiger partial charge < -0.3 is 9.80 Å². The highest BCUT2D eigenvalue weighted by atomic mass is 16.2. The molecule has 7 rings (SSSR count). The van der Waals surface area contributed by atoms with Crippen LogP contribution in [0.5, 0.6) is 0 Å². The van der Waals surface area contributed by atoms with Crippen molar-refractivity contribution >= 4 is 51.5 Å². The number of hydrogen-bond acceptors (Lipinski definition) is 5. The summed E-state index contributed by atoms with van der Waals surface area (Å²) in [5, 5.41) is 0. The number of nitrogens with zero attached hydrogens (tertiary/aromatic N) is 2. The van der Waals surface area contributed by atoms with E-state index in [9.17, 15) is 14.4 Å². The van der Waals surface area contributed by atoms with Gasteiger partial charge in [-0.25, -0.2) is 0 Å². The molecule has 1 fully saturated rings. The number of carbonyl (C=O) groups excluding carboxylic acids is 3. The maximum Gasteiger partial charge on any atom is 0.214 e. The van der Waals surface area contributed by atoms with Gasteiger partial charge >= 0.3 is 0 Å². The second-order valence-electron chi connectivity index (χ2n) is 11.2. The van der Waals surface area contributed by atoms with Gasteiger partial charge in [-0.05, 0) is 83.9 Å². The average Bonchev–Trinajstić information content (AvgIpc) is 3.34. The van der Waals surface area contributed by atoms with Crippen LogP contribution >= 0.6 is 0 Å². The normalized spacial score (nSPS) is 16.0. The second kappa shape index (κ2) is 12.5. The number of hydrogen-bond donors (Lipinski definition) is 0. The molecular weight excluding hydrogens is 568 g/mol. The van der Waals surface area contributed by atoms with Gasteiger partial charge in [-0.3, -0.25) is 14.4 Å². The number of para-hydroxylation sites is 4. The van der Waals surface area contributed by atoms with Crippen LogP contribution in [0.3, 0.4) is 0 Å². The molecule has 0 N–H and O–H groups in total. The predicted octanol–water partition coefficient (Wildman–Crippen LogP) is 9.21. The molecule has 222 valence electrons. The Labute approximate surface area is 268 Å². The maximum absolute atomic E-state index is 13.8. The van der Waals surface area contributed by atoms with Crippen molar-refractivity contribution < 1.29 is 14.4 Å². The molecular formula is C41H30N2O3. The smallest absolute Gasteiger partial charge is 0.214 e. The molecule has 0 amide bonds. The van der Waals surface area contributed by atoms with E-state index in [2.05, 4.69) is 9.80 Å². The van der Waals surface area contributed by atoms with Gasteiger partial charge in [-0.1, -0.05) is 97.1 Å². The molecule has 0 bridgehead atoms. The summed E-state index contributed by atoms with van der Waals surface area (Å²) in [5.74, 6) is -3.96. The van der Waals surface area contributed by atoms with Gasteiger partial charge in [-0.2, -0.15) is 0 Å². The Morgan fingerprint density at radius 3 is 0.804 bits per heavy atom. The number of rotatable bonds is 8. The van der Waals surface area contributed by atoms with Crippen LogP contribution in [0, 0.1) is 0 Å².